The Bertz CT molecular complexity index is 636. The largest absolute Gasteiger partial charge is 0.338 e. The molecule has 0 spiro atoms. The summed E-state index contributed by atoms with van der Waals surface area (Å²) in [6.07, 6.45) is 0. The zero-order valence-corrected chi connectivity index (χ0v) is 16.0. The van der Waals surface area contributed by atoms with Crippen LogP contribution in [0.5, 0.6) is 0 Å². The maximum Gasteiger partial charge on any atom is 0.173 e. The first-order valence-electron chi connectivity index (χ1n) is 7.90. The van der Waals surface area contributed by atoms with Crippen LogP contribution in [0.15, 0.2) is 35.7 Å². The monoisotopic (exact) mass is 348 g/mol. The minimum absolute atomic E-state index is 0.798. The Labute approximate surface area is 148 Å². The number of rotatable bonds is 6. The minimum atomic E-state index is 0.798. The lowest BCUT2D eigenvalue weighted by Crippen LogP contribution is -3.06. The molecule has 0 unspecified atom stereocenters. The molecular formula is C18H26N3S2+. The summed E-state index contributed by atoms with van der Waals surface area (Å²) < 4.78 is 0. The molecule has 1 aromatic carbocycles. The van der Waals surface area contributed by atoms with E-state index >= 15 is 0 Å². The third-order valence-electron chi connectivity index (χ3n) is 3.72. The smallest absolute Gasteiger partial charge is 0.173 e. The number of thiophene rings is 1. The predicted octanol–water partition coefficient (Wildman–Crippen LogP) is 2.71. The Balaban J connectivity index is 2.08. The molecule has 0 radical (unpaired) electrons. The van der Waals surface area contributed by atoms with Crippen LogP contribution < -0.4 is 10.2 Å². The van der Waals surface area contributed by atoms with E-state index in [1.165, 1.54) is 20.9 Å². The van der Waals surface area contributed by atoms with Gasteiger partial charge in [-0.05, 0) is 49.1 Å². The number of nitrogens with zero attached hydrogens (tertiary/aromatic N) is 1. The molecule has 2 aromatic rings. The zero-order chi connectivity index (χ0) is 16.8. The molecule has 0 aliphatic carbocycles. The summed E-state index contributed by atoms with van der Waals surface area (Å²) in [6.45, 7) is 7.09. The van der Waals surface area contributed by atoms with Crippen LogP contribution in [0, 0.1) is 13.8 Å². The third kappa shape index (κ3) is 5.61. The Morgan fingerprint density at radius 3 is 2.65 bits per heavy atom. The van der Waals surface area contributed by atoms with Crippen molar-refractivity contribution < 1.29 is 4.90 Å². The van der Waals surface area contributed by atoms with Crippen molar-refractivity contribution in [3.8, 4) is 0 Å². The number of anilines is 1. The molecule has 0 saturated carbocycles. The van der Waals surface area contributed by atoms with Gasteiger partial charge in [-0.1, -0.05) is 23.8 Å². The van der Waals surface area contributed by atoms with Crippen LogP contribution in [-0.4, -0.2) is 37.2 Å². The summed E-state index contributed by atoms with van der Waals surface area (Å²) in [6, 6.07) is 10.7. The van der Waals surface area contributed by atoms with E-state index in [1.807, 2.05) is 0 Å². The molecule has 5 heteroatoms. The average molecular weight is 349 g/mol. The number of nitrogens with one attached hydrogen (secondary N) is 2. The highest BCUT2D eigenvalue weighted by atomic mass is 32.1. The Kier molecular flexibility index (Phi) is 6.57. The number of likely N-dealkylation sites (N-methyl/N-ethyl adjacent to an activating group) is 1. The second-order valence-electron chi connectivity index (χ2n) is 6.21. The van der Waals surface area contributed by atoms with E-state index < -0.39 is 0 Å². The van der Waals surface area contributed by atoms with Crippen LogP contribution in [0.3, 0.4) is 0 Å². The minimum Gasteiger partial charge on any atom is -0.338 e. The van der Waals surface area contributed by atoms with E-state index in [-0.39, 0.29) is 0 Å². The number of hydrogen-bond donors (Lipinski definition) is 2. The van der Waals surface area contributed by atoms with Crippen LogP contribution in [0.25, 0.3) is 0 Å². The van der Waals surface area contributed by atoms with Gasteiger partial charge in [-0.15, -0.1) is 11.3 Å². The Morgan fingerprint density at radius 1 is 1.26 bits per heavy atom. The highest BCUT2D eigenvalue weighted by Gasteiger charge is 2.13. The molecule has 0 amide bonds. The average Bonchev–Trinajstić information content (AvgIpc) is 2.99. The normalized spacial score (nSPS) is 10.8. The molecule has 0 bridgehead atoms. The van der Waals surface area contributed by atoms with Gasteiger partial charge in [0, 0.05) is 10.6 Å². The number of quaternary nitrogens is 1. The van der Waals surface area contributed by atoms with Gasteiger partial charge in [0.05, 0.1) is 33.7 Å². The van der Waals surface area contributed by atoms with Crippen molar-refractivity contribution in [3.63, 3.8) is 0 Å². The van der Waals surface area contributed by atoms with Crippen LogP contribution in [-0.2, 0) is 6.54 Å². The van der Waals surface area contributed by atoms with E-state index in [2.05, 4.69) is 73.9 Å². The van der Waals surface area contributed by atoms with Crippen LogP contribution >= 0.6 is 23.6 Å². The lowest BCUT2D eigenvalue weighted by Gasteiger charge is -2.26. The topological polar surface area (TPSA) is 19.7 Å². The standard InChI is InChI=1S/C18H25N3S2/c1-14-7-8-17(15(2)12-14)19-18(22)21(10-9-20(3)4)13-16-6-5-11-23-16/h5-8,11-12H,9-10,13H2,1-4H3,(H,19,22)/p+1. The maximum atomic E-state index is 5.69. The fourth-order valence-electron chi connectivity index (χ4n) is 2.35. The number of aryl methyl sites for hydroxylation is 2. The van der Waals surface area contributed by atoms with Crippen molar-refractivity contribution in [1.29, 1.82) is 0 Å². The first-order chi connectivity index (χ1) is 11.0. The SMILES string of the molecule is Cc1ccc(NC(=S)N(CC[NH+](C)C)Cc2cccs2)c(C)c1. The molecule has 23 heavy (non-hydrogen) atoms. The summed E-state index contributed by atoms with van der Waals surface area (Å²) >= 11 is 7.46. The highest BCUT2D eigenvalue weighted by molar-refractivity contribution is 7.80. The lowest BCUT2D eigenvalue weighted by atomic mass is 10.1. The fraction of sp³-hybridized carbons (Fsp3) is 0.389. The predicted molar refractivity (Wildman–Crippen MR) is 105 cm³/mol. The second kappa shape index (κ2) is 8.43. The van der Waals surface area contributed by atoms with E-state index in [4.69, 9.17) is 12.2 Å². The third-order valence-corrected chi connectivity index (χ3v) is 4.94. The molecule has 2 N–H and O–H groups in total. The van der Waals surface area contributed by atoms with Crippen molar-refractivity contribution in [2.75, 3.05) is 32.5 Å². The quantitative estimate of drug-likeness (QED) is 0.783. The van der Waals surface area contributed by atoms with Crippen molar-refractivity contribution in [3.05, 3.63) is 51.7 Å². The molecule has 3 nitrogen and oxygen atoms in total. The van der Waals surface area contributed by atoms with Gasteiger partial charge >= 0.3 is 0 Å². The van der Waals surface area contributed by atoms with Crippen LogP contribution in [0.1, 0.15) is 16.0 Å². The van der Waals surface area contributed by atoms with Gasteiger partial charge in [0.1, 0.15) is 0 Å². The number of benzene rings is 1. The van der Waals surface area contributed by atoms with E-state index in [1.54, 1.807) is 11.3 Å². The number of hydrogen-bond acceptors (Lipinski definition) is 2. The summed E-state index contributed by atoms with van der Waals surface area (Å²) in [5.41, 5.74) is 3.58. The maximum absolute atomic E-state index is 5.69. The molecule has 1 aromatic heterocycles. The van der Waals surface area contributed by atoms with Crippen LogP contribution in [0.2, 0.25) is 0 Å². The zero-order valence-electron chi connectivity index (χ0n) is 14.3. The van der Waals surface area contributed by atoms with Gasteiger partial charge in [0.2, 0.25) is 0 Å². The van der Waals surface area contributed by atoms with E-state index in [0.717, 1.165) is 30.4 Å². The van der Waals surface area contributed by atoms with E-state index in [0.29, 0.717) is 0 Å². The summed E-state index contributed by atoms with van der Waals surface area (Å²) in [5.74, 6) is 0. The van der Waals surface area contributed by atoms with Gasteiger partial charge in [0.15, 0.2) is 5.11 Å². The van der Waals surface area contributed by atoms with Gasteiger partial charge < -0.3 is 15.1 Å². The van der Waals surface area contributed by atoms with Crippen molar-refractivity contribution in [2.45, 2.75) is 20.4 Å². The van der Waals surface area contributed by atoms with Gasteiger partial charge in [-0.25, -0.2) is 0 Å². The molecular weight excluding hydrogens is 322 g/mol. The molecule has 0 saturated heterocycles. The summed E-state index contributed by atoms with van der Waals surface area (Å²) in [4.78, 5) is 5.02. The molecule has 2 rings (SSSR count). The Morgan fingerprint density at radius 2 is 2.04 bits per heavy atom. The van der Waals surface area contributed by atoms with Crippen molar-refractivity contribution in [2.24, 2.45) is 0 Å². The second-order valence-corrected chi connectivity index (χ2v) is 7.63. The molecule has 0 aliphatic heterocycles. The molecule has 0 aliphatic rings. The van der Waals surface area contributed by atoms with Gasteiger partial charge in [-0.3, -0.25) is 0 Å². The lowest BCUT2D eigenvalue weighted by molar-refractivity contribution is -0.857. The summed E-state index contributed by atoms with van der Waals surface area (Å²) in [5, 5.41) is 6.34. The fourth-order valence-corrected chi connectivity index (χ4v) is 3.33. The highest BCUT2D eigenvalue weighted by Crippen LogP contribution is 2.18. The molecule has 1 heterocycles. The van der Waals surface area contributed by atoms with Crippen molar-refractivity contribution in [1.82, 2.24) is 4.90 Å². The van der Waals surface area contributed by atoms with E-state index in [9.17, 15) is 0 Å². The first-order valence-corrected chi connectivity index (χ1v) is 9.19. The van der Waals surface area contributed by atoms with Gasteiger partial charge in [-0.2, -0.15) is 0 Å². The number of thiocarbonyl (C=S) groups is 1. The summed E-state index contributed by atoms with van der Waals surface area (Å²) in [7, 11) is 4.34. The molecule has 124 valence electrons. The van der Waals surface area contributed by atoms with Crippen molar-refractivity contribution >= 4 is 34.4 Å². The Hall–Kier alpha value is -1.43. The molecule has 0 atom stereocenters. The first kappa shape index (κ1) is 17.9. The molecule has 0 fully saturated rings. The van der Waals surface area contributed by atoms with Crippen LogP contribution in [0.4, 0.5) is 5.69 Å². The van der Waals surface area contributed by atoms with Gasteiger partial charge in [0.25, 0.3) is 0 Å².